The van der Waals surface area contributed by atoms with Gasteiger partial charge in [0.05, 0.1) is 17.3 Å². The Morgan fingerprint density at radius 1 is 1.21 bits per heavy atom. The second-order valence-corrected chi connectivity index (χ2v) is 6.04. The predicted octanol–water partition coefficient (Wildman–Crippen LogP) is 2.31. The van der Waals surface area contributed by atoms with Gasteiger partial charge in [0.15, 0.2) is 0 Å². The minimum atomic E-state index is -0.469. The van der Waals surface area contributed by atoms with Gasteiger partial charge >= 0.3 is 0 Å². The summed E-state index contributed by atoms with van der Waals surface area (Å²) >= 11 is 0. The van der Waals surface area contributed by atoms with Crippen molar-refractivity contribution < 1.29 is 5.11 Å². The lowest BCUT2D eigenvalue weighted by Crippen LogP contribution is -2.44. The maximum Gasteiger partial charge on any atom is 0.0774 e. The van der Waals surface area contributed by atoms with Crippen molar-refractivity contribution in [2.24, 2.45) is 0 Å². The van der Waals surface area contributed by atoms with Crippen molar-refractivity contribution >= 4 is 0 Å². The van der Waals surface area contributed by atoms with Crippen LogP contribution >= 0.6 is 0 Å². The fourth-order valence-corrected chi connectivity index (χ4v) is 3.58. The number of hydrogen-bond acceptors (Lipinski definition) is 4. The summed E-state index contributed by atoms with van der Waals surface area (Å²) in [4.78, 5) is 11.0. The fraction of sp³-hybridized carbons (Fsp3) is 0.733. The molecule has 4 nitrogen and oxygen atoms in total. The third-order valence-corrected chi connectivity index (χ3v) is 4.57. The maximum atomic E-state index is 10.7. The maximum absolute atomic E-state index is 10.7. The van der Waals surface area contributed by atoms with E-state index in [9.17, 15) is 5.11 Å². The van der Waals surface area contributed by atoms with Crippen LogP contribution in [0.2, 0.25) is 0 Å². The summed E-state index contributed by atoms with van der Waals surface area (Å²) < 4.78 is 0. The SMILES string of the molecule is OC1(CN2CCCC2c2cnccn2)CCCCC1. The van der Waals surface area contributed by atoms with Crippen molar-refractivity contribution in [1.29, 1.82) is 0 Å². The molecule has 1 N–H and O–H groups in total. The van der Waals surface area contributed by atoms with Crippen molar-refractivity contribution in [2.45, 2.75) is 56.6 Å². The molecule has 1 aromatic rings. The van der Waals surface area contributed by atoms with Gasteiger partial charge in [-0.15, -0.1) is 0 Å². The molecule has 19 heavy (non-hydrogen) atoms. The van der Waals surface area contributed by atoms with E-state index in [4.69, 9.17) is 0 Å². The molecule has 2 heterocycles. The second kappa shape index (κ2) is 5.55. The Morgan fingerprint density at radius 3 is 2.79 bits per heavy atom. The van der Waals surface area contributed by atoms with Crippen LogP contribution in [0.4, 0.5) is 0 Å². The van der Waals surface area contributed by atoms with E-state index < -0.39 is 5.60 Å². The number of hydrogen-bond donors (Lipinski definition) is 1. The van der Waals surface area contributed by atoms with E-state index >= 15 is 0 Å². The van der Waals surface area contributed by atoms with Gasteiger partial charge in [-0.05, 0) is 32.2 Å². The Balaban J connectivity index is 1.69. The average Bonchev–Trinajstić information content (AvgIpc) is 2.88. The molecule has 3 rings (SSSR count). The Labute approximate surface area is 114 Å². The summed E-state index contributed by atoms with van der Waals surface area (Å²) in [5, 5.41) is 10.7. The highest BCUT2D eigenvalue weighted by Crippen LogP contribution is 2.35. The lowest BCUT2D eigenvalue weighted by atomic mass is 9.84. The molecule has 104 valence electrons. The van der Waals surface area contributed by atoms with E-state index in [1.165, 1.54) is 25.7 Å². The van der Waals surface area contributed by atoms with E-state index in [0.717, 1.165) is 38.0 Å². The van der Waals surface area contributed by atoms with E-state index in [2.05, 4.69) is 14.9 Å². The first-order valence-electron chi connectivity index (χ1n) is 7.49. The molecule has 1 atom stereocenters. The summed E-state index contributed by atoms with van der Waals surface area (Å²) in [6.45, 7) is 1.87. The average molecular weight is 261 g/mol. The molecule has 4 heteroatoms. The Morgan fingerprint density at radius 2 is 2.05 bits per heavy atom. The molecule has 2 aliphatic rings. The number of aliphatic hydroxyl groups is 1. The number of aromatic nitrogens is 2. The van der Waals surface area contributed by atoms with Gasteiger partial charge in [0.2, 0.25) is 0 Å². The first kappa shape index (κ1) is 13.0. The van der Waals surface area contributed by atoms with Crippen molar-refractivity contribution in [3.05, 3.63) is 24.3 Å². The first-order chi connectivity index (χ1) is 9.27. The molecule has 1 aliphatic carbocycles. The van der Waals surface area contributed by atoms with Crippen LogP contribution in [0, 0.1) is 0 Å². The van der Waals surface area contributed by atoms with Gasteiger partial charge in [-0.3, -0.25) is 14.9 Å². The van der Waals surface area contributed by atoms with Gasteiger partial charge in [0.1, 0.15) is 0 Å². The molecule has 0 aromatic carbocycles. The van der Waals surface area contributed by atoms with Crippen LogP contribution in [0.25, 0.3) is 0 Å². The Hall–Kier alpha value is -1.00. The van der Waals surface area contributed by atoms with Crippen molar-refractivity contribution in [2.75, 3.05) is 13.1 Å². The van der Waals surface area contributed by atoms with Crippen LogP contribution in [0.3, 0.4) is 0 Å². The van der Waals surface area contributed by atoms with Gasteiger partial charge in [-0.25, -0.2) is 0 Å². The molecule has 1 aromatic heterocycles. The number of likely N-dealkylation sites (tertiary alicyclic amines) is 1. The molecule has 1 saturated heterocycles. The van der Waals surface area contributed by atoms with Gasteiger partial charge in [-0.2, -0.15) is 0 Å². The highest BCUT2D eigenvalue weighted by molar-refractivity contribution is 5.06. The molecule has 1 unspecified atom stereocenters. The molecule has 0 spiro atoms. The zero-order valence-corrected chi connectivity index (χ0v) is 11.5. The zero-order valence-electron chi connectivity index (χ0n) is 11.5. The van der Waals surface area contributed by atoms with Gasteiger partial charge < -0.3 is 5.11 Å². The number of β-amino-alcohol motifs (C(OH)–C–C–N with tert-alkyl or cyclic N) is 1. The van der Waals surface area contributed by atoms with Crippen LogP contribution in [0.1, 0.15) is 56.7 Å². The molecule has 0 amide bonds. The van der Waals surface area contributed by atoms with Crippen LogP contribution in [-0.4, -0.2) is 38.7 Å². The molecule has 1 aliphatic heterocycles. The van der Waals surface area contributed by atoms with E-state index in [1.54, 1.807) is 12.4 Å². The molecular formula is C15H23N3O. The first-order valence-corrected chi connectivity index (χ1v) is 7.49. The summed E-state index contributed by atoms with van der Waals surface area (Å²) in [5.74, 6) is 0. The molecule has 2 fully saturated rings. The monoisotopic (exact) mass is 261 g/mol. The molecule has 0 radical (unpaired) electrons. The summed E-state index contributed by atoms with van der Waals surface area (Å²) in [6.07, 6.45) is 13.2. The molecule has 0 bridgehead atoms. The highest BCUT2D eigenvalue weighted by atomic mass is 16.3. The Bertz CT molecular complexity index is 403. The standard InChI is InChI=1S/C15H23N3O/c19-15(6-2-1-3-7-15)12-18-10-4-5-14(18)13-11-16-8-9-17-13/h8-9,11,14,19H,1-7,10,12H2. The number of nitrogens with zero attached hydrogens (tertiary/aromatic N) is 3. The van der Waals surface area contributed by atoms with Gasteiger partial charge in [0, 0.05) is 25.1 Å². The summed E-state index contributed by atoms with van der Waals surface area (Å²) in [6, 6.07) is 0.347. The van der Waals surface area contributed by atoms with E-state index in [1.807, 2.05) is 6.20 Å². The summed E-state index contributed by atoms with van der Waals surface area (Å²) in [7, 11) is 0. The van der Waals surface area contributed by atoms with Gasteiger partial charge in [-0.1, -0.05) is 19.3 Å². The predicted molar refractivity (Wildman–Crippen MR) is 73.6 cm³/mol. The van der Waals surface area contributed by atoms with Crippen LogP contribution < -0.4 is 0 Å². The van der Waals surface area contributed by atoms with Crippen molar-refractivity contribution in [3.8, 4) is 0 Å². The third-order valence-electron chi connectivity index (χ3n) is 4.57. The minimum absolute atomic E-state index is 0.347. The molecular weight excluding hydrogens is 238 g/mol. The zero-order chi connectivity index (χ0) is 13.1. The topological polar surface area (TPSA) is 49.2 Å². The van der Waals surface area contributed by atoms with E-state index in [0.29, 0.717) is 6.04 Å². The van der Waals surface area contributed by atoms with E-state index in [-0.39, 0.29) is 0 Å². The van der Waals surface area contributed by atoms with Crippen LogP contribution in [0.5, 0.6) is 0 Å². The fourth-order valence-electron chi connectivity index (χ4n) is 3.58. The van der Waals surface area contributed by atoms with Crippen LogP contribution in [0.15, 0.2) is 18.6 Å². The lowest BCUT2D eigenvalue weighted by molar-refractivity contribution is -0.0295. The second-order valence-electron chi connectivity index (χ2n) is 6.04. The quantitative estimate of drug-likeness (QED) is 0.907. The normalized spacial score (nSPS) is 27.5. The molecule has 1 saturated carbocycles. The summed E-state index contributed by atoms with van der Waals surface area (Å²) in [5.41, 5.74) is 0.586. The third kappa shape index (κ3) is 2.95. The Kier molecular flexibility index (Phi) is 3.80. The van der Waals surface area contributed by atoms with Crippen molar-refractivity contribution in [3.63, 3.8) is 0 Å². The lowest BCUT2D eigenvalue weighted by Gasteiger charge is -2.37. The number of rotatable bonds is 3. The highest BCUT2D eigenvalue weighted by Gasteiger charge is 2.36. The van der Waals surface area contributed by atoms with Gasteiger partial charge in [0.25, 0.3) is 0 Å². The van der Waals surface area contributed by atoms with Crippen LogP contribution in [-0.2, 0) is 0 Å². The van der Waals surface area contributed by atoms with Crippen molar-refractivity contribution in [1.82, 2.24) is 14.9 Å². The largest absolute Gasteiger partial charge is 0.389 e. The smallest absolute Gasteiger partial charge is 0.0774 e. The minimum Gasteiger partial charge on any atom is -0.389 e.